The zero-order chi connectivity index (χ0) is 19.0. The monoisotopic (exact) mass is 397 g/mol. The minimum Gasteiger partial charge on any atom is -0.480 e. The van der Waals surface area contributed by atoms with Crippen molar-refractivity contribution in [2.75, 3.05) is 13.7 Å². The van der Waals surface area contributed by atoms with Crippen LogP contribution in [0.4, 0.5) is 0 Å². The lowest BCUT2D eigenvalue weighted by Gasteiger charge is -2.19. The number of benzene rings is 1. The molecule has 9 heteroatoms. The van der Waals surface area contributed by atoms with Crippen molar-refractivity contribution in [1.29, 1.82) is 0 Å². The Labute approximate surface area is 160 Å². The first-order valence-electron chi connectivity index (χ1n) is 7.90. The highest BCUT2D eigenvalue weighted by Crippen LogP contribution is 2.26. The molecule has 0 aliphatic carbocycles. The van der Waals surface area contributed by atoms with Gasteiger partial charge in [-0.1, -0.05) is 23.2 Å². The van der Waals surface area contributed by atoms with E-state index in [0.29, 0.717) is 21.4 Å². The number of ether oxygens (including phenoxy) is 1. The van der Waals surface area contributed by atoms with Crippen LogP contribution in [0.5, 0.6) is 0 Å². The summed E-state index contributed by atoms with van der Waals surface area (Å²) in [5.74, 6) is -1.50. The van der Waals surface area contributed by atoms with E-state index in [0.717, 1.165) is 0 Å². The number of aryl methyl sites for hydroxylation is 1. The Kier molecular flexibility index (Phi) is 5.22. The quantitative estimate of drug-likeness (QED) is 0.856. The fourth-order valence-electron chi connectivity index (χ4n) is 3.03. The number of rotatable bonds is 4. The van der Waals surface area contributed by atoms with Crippen molar-refractivity contribution in [3.63, 3.8) is 0 Å². The minimum absolute atomic E-state index is 0.163. The normalized spacial score (nSPS) is 19.8. The Morgan fingerprint density at radius 2 is 2.00 bits per heavy atom. The van der Waals surface area contributed by atoms with Gasteiger partial charge in [0.1, 0.15) is 6.04 Å². The van der Waals surface area contributed by atoms with Crippen molar-refractivity contribution >= 4 is 35.1 Å². The lowest BCUT2D eigenvalue weighted by molar-refractivity contribution is -0.141. The van der Waals surface area contributed by atoms with E-state index in [9.17, 15) is 14.7 Å². The highest BCUT2D eigenvalue weighted by atomic mass is 35.5. The van der Waals surface area contributed by atoms with Crippen LogP contribution in [0.3, 0.4) is 0 Å². The highest BCUT2D eigenvalue weighted by Gasteiger charge is 2.40. The van der Waals surface area contributed by atoms with Gasteiger partial charge >= 0.3 is 5.97 Å². The van der Waals surface area contributed by atoms with E-state index in [2.05, 4.69) is 5.10 Å². The van der Waals surface area contributed by atoms with Crippen molar-refractivity contribution in [1.82, 2.24) is 14.7 Å². The van der Waals surface area contributed by atoms with Crippen molar-refractivity contribution in [2.45, 2.75) is 25.5 Å². The molecule has 1 aliphatic heterocycles. The molecular formula is C17H17Cl2N3O4. The number of carboxylic acid groups (broad SMARTS) is 1. The molecule has 2 heterocycles. The van der Waals surface area contributed by atoms with Crippen LogP contribution in [0.2, 0.25) is 10.0 Å². The minimum atomic E-state index is -1.06. The van der Waals surface area contributed by atoms with Crippen LogP contribution in [0.15, 0.2) is 24.3 Å². The average Bonchev–Trinajstić information content (AvgIpc) is 3.20. The SMILES string of the molecule is COC1CC(C(=O)O)N(C(=O)c2cc(C)n(-c3ccc(Cl)c(Cl)c3)n2)C1. The number of likely N-dealkylation sites (tertiary alicyclic amines) is 1. The number of nitrogens with zero attached hydrogens (tertiary/aromatic N) is 3. The van der Waals surface area contributed by atoms with Crippen molar-refractivity contribution in [2.24, 2.45) is 0 Å². The van der Waals surface area contributed by atoms with E-state index in [-0.39, 0.29) is 24.8 Å². The van der Waals surface area contributed by atoms with Gasteiger partial charge in [0.15, 0.2) is 5.69 Å². The number of carbonyl (C=O) groups excluding carboxylic acids is 1. The third kappa shape index (κ3) is 3.42. The molecule has 1 aliphatic rings. The molecule has 0 radical (unpaired) electrons. The van der Waals surface area contributed by atoms with E-state index < -0.39 is 17.9 Å². The van der Waals surface area contributed by atoms with E-state index in [1.807, 2.05) is 0 Å². The van der Waals surface area contributed by atoms with Crippen molar-refractivity contribution in [3.05, 3.63) is 45.7 Å². The van der Waals surface area contributed by atoms with Gasteiger partial charge in [0.2, 0.25) is 0 Å². The lowest BCUT2D eigenvalue weighted by Crippen LogP contribution is -2.40. The maximum absolute atomic E-state index is 12.8. The Morgan fingerprint density at radius 3 is 2.62 bits per heavy atom. The first-order chi connectivity index (χ1) is 12.3. The number of aliphatic carboxylic acids is 1. The maximum atomic E-state index is 12.8. The summed E-state index contributed by atoms with van der Waals surface area (Å²) in [4.78, 5) is 25.6. The van der Waals surface area contributed by atoms with E-state index in [4.69, 9.17) is 27.9 Å². The molecule has 2 aromatic rings. The lowest BCUT2D eigenvalue weighted by atomic mass is 10.2. The average molecular weight is 398 g/mol. The van der Waals surface area contributed by atoms with Crippen LogP contribution >= 0.6 is 23.2 Å². The Balaban J connectivity index is 1.91. The van der Waals surface area contributed by atoms with E-state index in [1.54, 1.807) is 35.9 Å². The second kappa shape index (κ2) is 7.26. The molecule has 0 bridgehead atoms. The van der Waals surface area contributed by atoms with Crippen LogP contribution in [0.25, 0.3) is 5.69 Å². The number of aromatic nitrogens is 2. The number of amides is 1. The van der Waals surface area contributed by atoms with Gasteiger partial charge in [-0.2, -0.15) is 5.10 Å². The largest absolute Gasteiger partial charge is 0.480 e. The second-order valence-electron chi connectivity index (χ2n) is 6.09. The van der Waals surface area contributed by atoms with Crippen LogP contribution in [-0.4, -0.2) is 57.5 Å². The highest BCUT2D eigenvalue weighted by molar-refractivity contribution is 6.42. The summed E-state index contributed by atoms with van der Waals surface area (Å²) in [6.07, 6.45) is -0.0531. The number of halogens is 2. The molecule has 0 spiro atoms. The van der Waals surface area contributed by atoms with Gasteiger partial charge in [-0.3, -0.25) is 4.79 Å². The number of methoxy groups -OCH3 is 1. The number of hydrogen-bond donors (Lipinski definition) is 1. The maximum Gasteiger partial charge on any atom is 0.326 e. The first kappa shape index (κ1) is 18.7. The van der Waals surface area contributed by atoms with Gasteiger partial charge < -0.3 is 14.7 Å². The van der Waals surface area contributed by atoms with E-state index in [1.165, 1.54) is 12.0 Å². The van der Waals surface area contributed by atoms with Gasteiger partial charge in [0.05, 0.1) is 21.8 Å². The summed E-state index contributed by atoms with van der Waals surface area (Å²) < 4.78 is 6.79. The van der Waals surface area contributed by atoms with Gasteiger partial charge in [0, 0.05) is 25.8 Å². The number of hydrogen-bond acceptors (Lipinski definition) is 4. The molecule has 1 N–H and O–H groups in total. The molecule has 1 fully saturated rings. The summed E-state index contributed by atoms with van der Waals surface area (Å²) in [6, 6.07) is 5.72. The third-order valence-corrected chi connectivity index (χ3v) is 5.14. The standard InChI is InChI=1S/C17H17Cl2N3O4/c1-9-5-14(20-22(9)10-3-4-12(18)13(19)6-10)16(23)21-8-11(26-2)7-15(21)17(24)25/h3-6,11,15H,7-8H2,1-2H3,(H,24,25). The molecule has 1 amide bonds. The summed E-state index contributed by atoms with van der Waals surface area (Å²) in [5.41, 5.74) is 1.53. The fourth-order valence-corrected chi connectivity index (χ4v) is 3.32. The predicted molar refractivity (Wildman–Crippen MR) is 96.2 cm³/mol. The van der Waals surface area contributed by atoms with E-state index >= 15 is 0 Å². The van der Waals surface area contributed by atoms with Gasteiger partial charge in [0.25, 0.3) is 5.91 Å². The Bertz CT molecular complexity index is 868. The molecule has 2 unspecified atom stereocenters. The van der Waals surface area contributed by atoms with Crippen LogP contribution < -0.4 is 0 Å². The van der Waals surface area contributed by atoms with Crippen LogP contribution in [-0.2, 0) is 9.53 Å². The Morgan fingerprint density at radius 1 is 1.27 bits per heavy atom. The van der Waals surface area contributed by atoms with Gasteiger partial charge in [-0.15, -0.1) is 0 Å². The summed E-state index contributed by atoms with van der Waals surface area (Å²) in [5, 5.41) is 14.5. The Hall–Kier alpha value is -2.09. The molecule has 7 nitrogen and oxygen atoms in total. The van der Waals surface area contributed by atoms with Gasteiger partial charge in [-0.25, -0.2) is 9.48 Å². The second-order valence-corrected chi connectivity index (χ2v) is 6.90. The molecule has 2 atom stereocenters. The molecule has 3 rings (SSSR count). The molecule has 138 valence electrons. The molecule has 26 heavy (non-hydrogen) atoms. The smallest absolute Gasteiger partial charge is 0.326 e. The van der Waals surface area contributed by atoms with Gasteiger partial charge in [-0.05, 0) is 31.2 Å². The summed E-state index contributed by atoms with van der Waals surface area (Å²) >= 11 is 12.0. The number of carboxylic acids is 1. The zero-order valence-electron chi connectivity index (χ0n) is 14.1. The topological polar surface area (TPSA) is 84.7 Å². The summed E-state index contributed by atoms with van der Waals surface area (Å²) in [7, 11) is 1.50. The number of carbonyl (C=O) groups is 2. The van der Waals surface area contributed by atoms with Crippen LogP contribution in [0.1, 0.15) is 22.6 Å². The molecular weight excluding hydrogens is 381 g/mol. The molecule has 0 saturated carbocycles. The third-order valence-electron chi connectivity index (χ3n) is 4.40. The molecule has 1 saturated heterocycles. The fraction of sp³-hybridized carbons (Fsp3) is 0.353. The zero-order valence-corrected chi connectivity index (χ0v) is 15.7. The molecule has 1 aromatic carbocycles. The van der Waals surface area contributed by atoms with Crippen LogP contribution in [0, 0.1) is 6.92 Å². The predicted octanol–water partition coefficient (Wildman–Crippen LogP) is 2.80. The first-order valence-corrected chi connectivity index (χ1v) is 8.66. The molecule has 1 aromatic heterocycles. The van der Waals surface area contributed by atoms with Crippen molar-refractivity contribution < 1.29 is 19.4 Å². The summed E-state index contributed by atoms with van der Waals surface area (Å²) in [6.45, 7) is 2.01. The van der Waals surface area contributed by atoms with Crippen molar-refractivity contribution in [3.8, 4) is 5.69 Å².